The number of aliphatic hydroxyl groups is 2. The SMILES string of the molecule is CNC(=O)N(/C=C\C=O)[C@@H]1O[C@H](CO)/C(=N\OC)[C@H]1O. The molecule has 9 nitrogen and oxygen atoms in total. The van der Waals surface area contributed by atoms with E-state index in [1.165, 1.54) is 14.2 Å². The number of carbonyl (C=O) groups is 2. The minimum Gasteiger partial charge on any atom is -0.399 e. The van der Waals surface area contributed by atoms with Crippen molar-refractivity contribution in [3.63, 3.8) is 0 Å². The Balaban J connectivity index is 3.03. The quantitative estimate of drug-likeness (QED) is 0.319. The van der Waals surface area contributed by atoms with Crippen LogP contribution in [-0.2, 0) is 14.4 Å². The maximum absolute atomic E-state index is 11.7. The van der Waals surface area contributed by atoms with Gasteiger partial charge >= 0.3 is 6.03 Å². The molecule has 9 heteroatoms. The van der Waals surface area contributed by atoms with E-state index in [2.05, 4.69) is 15.3 Å². The highest BCUT2D eigenvalue weighted by atomic mass is 16.6. The molecule has 1 rings (SSSR count). The van der Waals surface area contributed by atoms with Crippen LogP contribution in [0, 0.1) is 0 Å². The Bertz CT molecular complexity index is 411. The molecule has 0 spiro atoms. The number of amides is 2. The van der Waals surface area contributed by atoms with Gasteiger partial charge in [-0.05, 0) is 6.08 Å². The minimum absolute atomic E-state index is 0.0633. The molecule has 0 saturated carbocycles. The first kappa shape index (κ1) is 16.1. The van der Waals surface area contributed by atoms with E-state index in [1.54, 1.807) is 0 Å². The van der Waals surface area contributed by atoms with Crippen molar-refractivity contribution in [2.75, 3.05) is 20.8 Å². The molecular formula is C11H17N3O6. The Hall–Kier alpha value is -1.97. The van der Waals surface area contributed by atoms with Crippen molar-refractivity contribution >= 4 is 18.0 Å². The summed E-state index contributed by atoms with van der Waals surface area (Å²) in [6.07, 6.45) is -0.607. The van der Waals surface area contributed by atoms with Crippen LogP contribution in [0.25, 0.3) is 0 Å². The first-order valence-corrected chi connectivity index (χ1v) is 5.78. The van der Waals surface area contributed by atoms with Gasteiger partial charge in [-0.25, -0.2) is 4.79 Å². The number of ether oxygens (including phenoxy) is 1. The van der Waals surface area contributed by atoms with Gasteiger partial charge in [0.25, 0.3) is 0 Å². The first-order chi connectivity index (χ1) is 9.60. The fourth-order valence-electron chi connectivity index (χ4n) is 1.75. The van der Waals surface area contributed by atoms with Crippen LogP contribution >= 0.6 is 0 Å². The molecule has 1 heterocycles. The third kappa shape index (κ3) is 3.32. The predicted octanol–water partition coefficient (Wildman–Crippen LogP) is -1.58. The minimum atomic E-state index is -1.29. The monoisotopic (exact) mass is 287 g/mol. The lowest BCUT2D eigenvalue weighted by atomic mass is 10.1. The number of rotatable bonds is 5. The number of hydrogen-bond acceptors (Lipinski definition) is 7. The molecule has 0 aromatic rings. The number of aldehydes is 1. The van der Waals surface area contributed by atoms with Crippen molar-refractivity contribution in [3.05, 3.63) is 12.3 Å². The van der Waals surface area contributed by atoms with Crippen LogP contribution in [0.5, 0.6) is 0 Å². The van der Waals surface area contributed by atoms with Crippen LogP contribution in [0.1, 0.15) is 0 Å². The van der Waals surface area contributed by atoms with E-state index in [-0.39, 0.29) is 5.71 Å². The second kappa shape index (κ2) is 7.58. The summed E-state index contributed by atoms with van der Waals surface area (Å²) in [5, 5.41) is 25.2. The number of nitrogens with zero attached hydrogens (tertiary/aromatic N) is 2. The zero-order valence-electron chi connectivity index (χ0n) is 11.1. The van der Waals surface area contributed by atoms with Gasteiger partial charge in [0.1, 0.15) is 31.3 Å². The molecule has 2 amide bonds. The Kier molecular flexibility index (Phi) is 6.10. The predicted molar refractivity (Wildman–Crippen MR) is 67.7 cm³/mol. The highest BCUT2D eigenvalue weighted by Gasteiger charge is 2.44. The maximum Gasteiger partial charge on any atom is 0.323 e. The van der Waals surface area contributed by atoms with Crippen molar-refractivity contribution in [2.24, 2.45) is 5.16 Å². The second-order valence-corrected chi connectivity index (χ2v) is 3.78. The summed E-state index contributed by atoms with van der Waals surface area (Å²) in [6, 6.07) is -0.595. The number of oxime groups is 1. The molecule has 0 aromatic carbocycles. The Labute approximate surface area is 115 Å². The molecule has 3 N–H and O–H groups in total. The summed E-state index contributed by atoms with van der Waals surface area (Å²) in [5.41, 5.74) is 0.0633. The van der Waals surface area contributed by atoms with Crippen molar-refractivity contribution in [1.82, 2.24) is 10.2 Å². The molecule has 0 bridgehead atoms. The summed E-state index contributed by atoms with van der Waals surface area (Å²) in [7, 11) is 2.67. The third-order valence-corrected chi connectivity index (χ3v) is 2.62. The highest BCUT2D eigenvalue weighted by Crippen LogP contribution is 2.22. The standard InChI is InChI=1S/C11H17N3O6/c1-12-11(18)14(4-3-5-15)10-9(17)8(13-19-2)7(6-16)20-10/h3-5,7,9-10,16-17H,6H2,1-2H3,(H,12,18)/b4-3-,13-8+/t7-,9-,10-/m1/s1. The van der Waals surface area contributed by atoms with Gasteiger partial charge in [-0.1, -0.05) is 5.16 Å². The van der Waals surface area contributed by atoms with Gasteiger partial charge in [-0.3, -0.25) is 9.69 Å². The van der Waals surface area contributed by atoms with Crippen LogP contribution in [0.4, 0.5) is 4.79 Å². The second-order valence-electron chi connectivity index (χ2n) is 3.78. The molecular weight excluding hydrogens is 270 g/mol. The van der Waals surface area contributed by atoms with E-state index in [4.69, 9.17) is 4.74 Å². The molecule has 3 atom stereocenters. The molecule has 0 aromatic heterocycles. The van der Waals surface area contributed by atoms with Gasteiger partial charge < -0.3 is 25.1 Å². The number of allylic oxidation sites excluding steroid dienone is 1. The molecule has 0 unspecified atom stereocenters. The number of carbonyl (C=O) groups excluding carboxylic acids is 2. The first-order valence-electron chi connectivity index (χ1n) is 5.78. The lowest BCUT2D eigenvalue weighted by Crippen LogP contribution is -2.47. The van der Waals surface area contributed by atoms with E-state index in [0.717, 1.165) is 17.2 Å². The molecule has 0 aliphatic carbocycles. The Morgan fingerprint density at radius 2 is 2.35 bits per heavy atom. The lowest BCUT2D eigenvalue weighted by Gasteiger charge is -2.26. The summed E-state index contributed by atoms with van der Waals surface area (Å²) < 4.78 is 5.36. The lowest BCUT2D eigenvalue weighted by molar-refractivity contribution is -0.104. The average molecular weight is 287 g/mol. The average Bonchev–Trinajstić information content (AvgIpc) is 2.77. The van der Waals surface area contributed by atoms with Gasteiger partial charge in [-0.2, -0.15) is 0 Å². The zero-order chi connectivity index (χ0) is 15.1. The van der Waals surface area contributed by atoms with Crippen molar-refractivity contribution in [2.45, 2.75) is 18.4 Å². The Morgan fingerprint density at radius 3 is 2.85 bits per heavy atom. The van der Waals surface area contributed by atoms with E-state index in [1.807, 2.05) is 0 Å². The van der Waals surface area contributed by atoms with Gasteiger partial charge in [0.15, 0.2) is 6.23 Å². The van der Waals surface area contributed by atoms with Gasteiger partial charge in [0.05, 0.1) is 6.61 Å². The number of urea groups is 1. The fourth-order valence-corrected chi connectivity index (χ4v) is 1.75. The summed E-state index contributed by atoms with van der Waals surface area (Å²) in [6.45, 7) is -0.436. The largest absolute Gasteiger partial charge is 0.399 e. The number of aliphatic hydroxyl groups excluding tert-OH is 2. The van der Waals surface area contributed by atoms with Crippen LogP contribution in [0.2, 0.25) is 0 Å². The zero-order valence-corrected chi connectivity index (χ0v) is 11.1. The smallest absolute Gasteiger partial charge is 0.323 e. The third-order valence-electron chi connectivity index (χ3n) is 2.62. The number of nitrogens with one attached hydrogen (secondary N) is 1. The molecule has 112 valence electrons. The maximum atomic E-state index is 11.7. The molecule has 1 fully saturated rings. The highest BCUT2D eigenvalue weighted by molar-refractivity contribution is 5.95. The molecule has 1 aliphatic heterocycles. The van der Waals surface area contributed by atoms with E-state index in [0.29, 0.717) is 6.29 Å². The van der Waals surface area contributed by atoms with Crippen LogP contribution < -0.4 is 5.32 Å². The Morgan fingerprint density at radius 1 is 1.65 bits per heavy atom. The van der Waals surface area contributed by atoms with E-state index < -0.39 is 31.1 Å². The van der Waals surface area contributed by atoms with Gasteiger partial charge in [-0.15, -0.1) is 0 Å². The van der Waals surface area contributed by atoms with Crippen molar-refractivity contribution < 1.29 is 29.4 Å². The van der Waals surface area contributed by atoms with Gasteiger partial charge in [0.2, 0.25) is 0 Å². The topological polar surface area (TPSA) is 121 Å². The van der Waals surface area contributed by atoms with Gasteiger partial charge in [0, 0.05) is 13.2 Å². The molecule has 1 aliphatic rings. The fraction of sp³-hybridized carbons (Fsp3) is 0.545. The normalized spacial score (nSPS) is 27.8. The molecule has 20 heavy (non-hydrogen) atoms. The summed E-state index contributed by atoms with van der Waals surface area (Å²) >= 11 is 0. The van der Waals surface area contributed by atoms with E-state index in [9.17, 15) is 19.8 Å². The molecule has 1 saturated heterocycles. The van der Waals surface area contributed by atoms with Crippen molar-refractivity contribution in [1.29, 1.82) is 0 Å². The van der Waals surface area contributed by atoms with Crippen molar-refractivity contribution in [3.8, 4) is 0 Å². The molecule has 0 radical (unpaired) electrons. The summed E-state index contributed by atoms with van der Waals surface area (Å²) in [5.74, 6) is 0. The van der Waals surface area contributed by atoms with Crippen LogP contribution in [0.15, 0.2) is 17.4 Å². The number of hydrogen-bond donors (Lipinski definition) is 3. The van der Waals surface area contributed by atoms with E-state index >= 15 is 0 Å². The van der Waals surface area contributed by atoms with Crippen LogP contribution in [-0.4, -0.2) is 72.3 Å². The summed E-state index contributed by atoms with van der Waals surface area (Å²) in [4.78, 5) is 27.7. The van der Waals surface area contributed by atoms with Crippen LogP contribution in [0.3, 0.4) is 0 Å².